The third-order valence-electron chi connectivity index (χ3n) is 2.53. The van der Waals surface area contributed by atoms with E-state index in [0.29, 0.717) is 18.0 Å². The fraction of sp³-hybridized carbons (Fsp3) is 0.364. The second kappa shape index (κ2) is 3.33. The first-order chi connectivity index (χ1) is 6.74. The van der Waals surface area contributed by atoms with Crippen molar-refractivity contribution in [2.75, 3.05) is 0 Å². The fourth-order valence-corrected chi connectivity index (χ4v) is 1.78. The molecule has 74 valence electrons. The number of nitrogens with zero attached hydrogens (tertiary/aromatic N) is 1. The molecule has 0 saturated heterocycles. The fourth-order valence-electron chi connectivity index (χ4n) is 1.78. The van der Waals surface area contributed by atoms with Crippen LogP contribution >= 0.6 is 0 Å². The Morgan fingerprint density at radius 3 is 2.93 bits per heavy atom. The van der Waals surface area contributed by atoms with Crippen molar-refractivity contribution in [2.45, 2.75) is 25.3 Å². The number of aromatic nitrogens is 1. The second-order valence-electron chi connectivity index (χ2n) is 3.64. The smallest absolute Gasteiger partial charge is 0.337 e. The molecule has 14 heavy (non-hydrogen) atoms. The van der Waals surface area contributed by atoms with Crippen molar-refractivity contribution in [3.05, 3.63) is 36.2 Å². The molecule has 0 spiro atoms. The maximum Gasteiger partial charge on any atom is 0.337 e. The molecule has 0 aliphatic heterocycles. The quantitative estimate of drug-likeness (QED) is 0.741. The van der Waals surface area contributed by atoms with Gasteiger partial charge in [0, 0.05) is 24.4 Å². The Bertz CT molecular complexity index is 375. The molecular formula is C11H13NO2. The highest BCUT2D eigenvalue weighted by Gasteiger charge is 2.30. The van der Waals surface area contributed by atoms with E-state index < -0.39 is 5.97 Å². The maximum absolute atomic E-state index is 10.9. The predicted octanol–water partition coefficient (Wildman–Crippen LogP) is 2.25. The molecule has 3 nitrogen and oxygen atoms in total. The molecule has 1 heterocycles. The molecule has 0 radical (unpaired) electrons. The molecule has 3 heteroatoms. The van der Waals surface area contributed by atoms with Gasteiger partial charge in [0.05, 0.1) is 5.56 Å². The summed E-state index contributed by atoms with van der Waals surface area (Å²) in [5, 5.41) is 8.98. The summed E-state index contributed by atoms with van der Waals surface area (Å²) in [6.45, 7) is 4.36. The molecule has 1 fully saturated rings. The van der Waals surface area contributed by atoms with Crippen molar-refractivity contribution < 1.29 is 9.90 Å². The molecule has 1 saturated carbocycles. The Balaban J connectivity index is 2.40. The summed E-state index contributed by atoms with van der Waals surface area (Å²) in [7, 11) is 0. The second-order valence-corrected chi connectivity index (χ2v) is 3.64. The van der Waals surface area contributed by atoms with Crippen molar-refractivity contribution in [3.8, 4) is 0 Å². The molecule has 1 aromatic rings. The first kappa shape index (κ1) is 9.06. The lowest BCUT2D eigenvalue weighted by Gasteiger charge is -2.06. The summed E-state index contributed by atoms with van der Waals surface area (Å²) in [5.41, 5.74) is 1.42. The molecule has 0 aromatic carbocycles. The number of hydrogen-bond acceptors (Lipinski definition) is 1. The summed E-state index contributed by atoms with van der Waals surface area (Å²) >= 11 is 0. The number of rotatable bonds is 4. The number of hydrogen-bond donors (Lipinski definition) is 1. The van der Waals surface area contributed by atoms with Crippen LogP contribution in [0.2, 0.25) is 0 Å². The molecule has 1 N–H and O–H groups in total. The Morgan fingerprint density at radius 1 is 1.71 bits per heavy atom. The van der Waals surface area contributed by atoms with Crippen LogP contribution < -0.4 is 0 Å². The van der Waals surface area contributed by atoms with Crippen LogP contribution in [0.5, 0.6) is 0 Å². The molecule has 0 atom stereocenters. The molecule has 1 aromatic heterocycles. The molecule has 2 rings (SSSR count). The minimum atomic E-state index is -0.824. The SMILES string of the molecule is C=CCn1ccc(C(=O)O)c1C1CC1. The minimum Gasteiger partial charge on any atom is -0.478 e. The number of carbonyl (C=O) groups is 1. The van der Waals surface area contributed by atoms with E-state index in [1.807, 2.05) is 10.8 Å². The Morgan fingerprint density at radius 2 is 2.43 bits per heavy atom. The third kappa shape index (κ3) is 1.45. The number of allylic oxidation sites excluding steroid dienone is 1. The Labute approximate surface area is 82.7 Å². The average molecular weight is 191 g/mol. The molecule has 0 bridgehead atoms. The summed E-state index contributed by atoms with van der Waals surface area (Å²) < 4.78 is 1.98. The highest BCUT2D eigenvalue weighted by Crippen LogP contribution is 2.42. The predicted molar refractivity (Wildman–Crippen MR) is 53.6 cm³/mol. The van der Waals surface area contributed by atoms with Crippen molar-refractivity contribution in [3.63, 3.8) is 0 Å². The Hall–Kier alpha value is -1.51. The number of carboxylic acid groups (broad SMARTS) is 1. The van der Waals surface area contributed by atoms with Crippen molar-refractivity contribution in [1.82, 2.24) is 4.57 Å². The summed E-state index contributed by atoms with van der Waals surface area (Å²) in [6.07, 6.45) is 5.85. The summed E-state index contributed by atoms with van der Waals surface area (Å²) in [5.74, 6) is -0.370. The van der Waals surface area contributed by atoms with Gasteiger partial charge in [-0.05, 0) is 18.9 Å². The van der Waals surface area contributed by atoms with Gasteiger partial charge in [-0.3, -0.25) is 0 Å². The summed E-state index contributed by atoms with van der Waals surface area (Å²) in [6, 6.07) is 1.68. The first-order valence-corrected chi connectivity index (χ1v) is 4.77. The lowest BCUT2D eigenvalue weighted by atomic mass is 10.2. The average Bonchev–Trinajstić information content (AvgIpc) is 2.88. The number of carboxylic acids is 1. The lowest BCUT2D eigenvalue weighted by molar-refractivity contribution is 0.0695. The van der Waals surface area contributed by atoms with Gasteiger partial charge in [-0.15, -0.1) is 6.58 Å². The van der Waals surface area contributed by atoms with Gasteiger partial charge in [0.2, 0.25) is 0 Å². The van der Waals surface area contributed by atoms with Crippen LogP contribution in [0.3, 0.4) is 0 Å². The van der Waals surface area contributed by atoms with Crippen molar-refractivity contribution in [2.24, 2.45) is 0 Å². The van der Waals surface area contributed by atoms with Gasteiger partial charge >= 0.3 is 5.97 Å². The van der Waals surface area contributed by atoms with Gasteiger partial charge in [0.25, 0.3) is 0 Å². The van der Waals surface area contributed by atoms with E-state index in [-0.39, 0.29) is 0 Å². The lowest BCUT2D eigenvalue weighted by Crippen LogP contribution is -2.04. The molecule has 0 amide bonds. The van der Waals surface area contributed by atoms with Gasteiger partial charge in [0.15, 0.2) is 0 Å². The van der Waals surface area contributed by atoms with Crippen molar-refractivity contribution >= 4 is 5.97 Å². The first-order valence-electron chi connectivity index (χ1n) is 4.77. The topological polar surface area (TPSA) is 42.2 Å². The van der Waals surface area contributed by atoms with Crippen LogP contribution in [0.1, 0.15) is 34.8 Å². The number of aromatic carboxylic acids is 1. The highest BCUT2D eigenvalue weighted by atomic mass is 16.4. The highest BCUT2D eigenvalue weighted by molar-refractivity contribution is 5.89. The summed E-state index contributed by atoms with van der Waals surface area (Å²) in [4.78, 5) is 10.9. The largest absolute Gasteiger partial charge is 0.478 e. The van der Waals surface area contributed by atoms with E-state index in [0.717, 1.165) is 18.5 Å². The normalized spacial score (nSPS) is 15.4. The van der Waals surface area contributed by atoms with E-state index in [4.69, 9.17) is 5.11 Å². The molecule has 0 unspecified atom stereocenters. The van der Waals surface area contributed by atoms with E-state index in [9.17, 15) is 4.79 Å². The molecule has 1 aliphatic rings. The van der Waals surface area contributed by atoms with Gasteiger partial charge < -0.3 is 9.67 Å². The van der Waals surface area contributed by atoms with E-state index >= 15 is 0 Å². The van der Waals surface area contributed by atoms with E-state index in [1.165, 1.54) is 0 Å². The van der Waals surface area contributed by atoms with Crippen LogP contribution in [0, 0.1) is 0 Å². The minimum absolute atomic E-state index is 0.453. The monoisotopic (exact) mass is 191 g/mol. The molecule has 1 aliphatic carbocycles. The molecular weight excluding hydrogens is 178 g/mol. The van der Waals surface area contributed by atoms with Crippen LogP contribution in [-0.2, 0) is 6.54 Å². The van der Waals surface area contributed by atoms with Gasteiger partial charge in [-0.1, -0.05) is 6.08 Å². The zero-order valence-electron chi connectivity index (χ0n) is 7.94. The van der Waals surface area contributed by atoms with Gasteiger partial charge in [-0.2, -0.15) is 0 Å². The van der Waals surface area contributed by atoms with E-state index in [2.05, 4.69) is 6.58 Å². The Kier molecular flexibility index (Phi) is 2.15. The van der Waals surface area contributed by atoms with Crippen molar-refractivity contribution in [1.29, 1.82) is 0 Å². The van der Waals surface area contributed by atoms with Crippen LogP contribution in [0.25, 0.3) is 0 Å². The van der Waals surface area contributed by atoms with Crippen LogP contribution in [-0.4, -0.2) is 15.6 Å². The van der Waals surface area contributed by atoms with E-state index in [1.54, 1.807) is 12.1 Å². The van der Waals surface area contributed by atoms with Gasteiger partial charge in [0.1, 0.15) is 0 Å². The third-order valence-corrected chi connectivity index (χ3v) is 2.53. The van der Waals surface area contributed by atoms with Crippen LogP contribution in [0.15, 0.2) is 24.9 Å². The standard InChI is InChI=1S/C11H13NO2/c1-2-6-12-7-5-9(11(13)14)10(12)8-3-4-8/h2,5,7-8H,1,3-4,6H2,(H,13,14). The zero-order chi connectivity index (χ0) is 10.1. The van der Waals surface area contributed by atoms with Gasteiger partial charge in [-0.25, -0.2) is 4.79 Å². The maximum atomic E-state index is 10.9. The van der Waals surface area contributed by atoms with Crippen LogP contribution in [0.4, 0.5) is 0 Å². The zero-order valence-corrected chi connectivity index (χ0v) is 7.94.